The molecule has 0 aliphatic rings. The lowest BCUT2D eigenvalue weighted by molar-refractivity contribution is -0.111. The first-order chi connectivity index (χ1) is 11.7. The van der Waals surface area contributed by atoms with Crippen LogP contribution in [0.25, 0.3) is 6.08 Å². The minimum absolute atomic E-state index is 0.0545. The van der Waals surface area contributed by atoms with Gasteiger partial charge in [-0.25, -0.2) is 4.39 Å². The van der Waals surface area contributed by atoms with Crippen LogP contribution in [0.5, 0.6) is 5.75 Å². The number of amides is 1. The van der Waals surface area contributed by atoms with Gasteiger partial charge < -0.3 is 10.1 Å². The van der Waals surface area contributed by atoms with Gasteiger partial charge in [0, 0.05) is 16.1 Å². The van der Waals surface area contributed by atoms with Crippen LogP contribution in [0.2, 0.25) is 0 Å². The van der Waals surface area contributed by atoms with E-state index in [2.05, 4.69) is 42.0 Å². The standard InChI is InChI=1S/C20H21BrFNO2/c1-20(2,3)14-6-9-18(25-4)17(12-14)23-19(24)10-5-13-11-15(21)7-8-16(13)22/h5-12H,1-4H3,(H,23,24)/b10-5+. The SMILES string of the molecule is COc1ccc(C(C)(C)C)cc1NC(=O)/C=C/c1cc(Br)ccc1F. The van der Waals surface area contributed by atoms with Crippen LogP contribution in [0.3, 0.4) is 0 Å². The molecule has 0 aliphatic heterocycles. The summed E-state index contributed by atoms with van der Waals surface area (Å²) in [6.07, 6.45) is 2.74. The molecule has 0 atom stereocenters. The molecule has 2 aromatic rings. The van der Waals surface area contributed by atoms with Gasteiger partial charge in [-0.2, -0.15) is 0 Å². The van der Waals surface area contributed by atoms with E-state index in [1.165, 1.54) is 18.2 Å². The second-order valence-electron chi connectivity index (χ2n) is 6.65. The molecule has 0 aromatic heterocycles. The number of nitrogens with one attached hydrogen (secondary N) is 1. The summed E-state index contributed by atoms with van der Waals surface area (Å²) in [5.41, 5.74) is 1.94. The van der Waals surface area contributed by atoms with Crippen molar-refractivity contribution in [3.63, 3.8) is 0 Å². The summed E-state index contributed by atoms with van der Waals surface area (Å²) in [5.74, 6) is -0.174. The summed E-state index contributed by atoms with van der Waals surface area (Å²) < 4.78 is 19.8. The van der Waals surface area contributed by atoms with Crippen LogP contribution in [0.4, 0.5) is 10.1 Å². The normalized spacial score (nSPS) is 11.6. The van der Waals surface area contributed by atoms with E-state index in [1.807, 2.05) is 18.2 Å². The van der Waals surface area contributed by atoms with Gasteiger partial charge in [-0.3, -0.25) is 4.79 Å². The highest BCUT2D eigenvalue weighted by molar-refractivity contribution is 9.10. The Labute approximate surface area is 156 Å². The highest BCUT2D eigenvalue weighted by Crippen LogP contribution is 2.31. The molecule has 132 valence electrons. The largest absolute Gasteiger partial charge is 0.495 e. The van der Waals surface area contributed by atoms with Crippen molar-refractivity contribution in [1.82, 2.24) is 0 Å². The van der Waals surface area contributed by atoms with E-state index in [0.717, 1.165) is 10.0 Å². The first kappa shape index (κ1) is 19.2. The average Bonchev–Trinajstić information content (AvgIpc) is 2.54. The van der Waals surface area contributed by atoms with E-state index in [-0.39, 0.29) is 17.1 Å². The van der Waals surface area contributed by atoms with Gasteiger partial charge in [-0.1, -0.05) is 42.8 Å². The van der Waals surface area contributed by atoms with Gasteiger partial charge >= 0.3 is 0 Å². The third-order valence-electron chi connectivity index (χ3n) is 3.70. The summed E-state index contributed by atoms with van der Waals surface area (Å²) in [6.45, 7) is 6.28. The molecule has 0 radical (unpaired) electrons. The molecular weight excluding hydrogens is 385 g/mol. The molecular formula is C20H21BrFNO2. The van der Waals surface area contributed by atoms with Crippen molar-refractivity contribution in [2.45, 2.75) is 26.2 Å². The Morgan fingerprint density at radius 1 is 1.20 bits per heavy atom. The number of hydrogen-bond donors (Lipinski definition) is 1. The van der Waals surface area contributed by atoms with Gasteiger partial charge in [0.2, 0.25) is 5.91 Å². The molecule has 0 fully saturated rings. The summed E-state index contributed by atoms with van der Waals surface area (Å²) in [7, 11) is 1.55. The highest BCUT2D eigenvalue weighted by atomic mass is 79.9. The van der Waals surface area contributed by atoms with Crippen molar-refractivity contribution in [3.05, 3.63) is 63.9 Å². The predicted molar refractivity (Wildman–Crippen MR) is 103 cm³/mol. The van der Waals surface area contributed by atoms with Gasteiger partial charge in [0.1, 0.15) is 11.6 Å². The van der Waals surface area contributed by atoms with Crippen LogP contribution in [-0.4, -0.2) is 13.0 Å². The summed E-state index contributed by atoms with van der Waals surface area (Å²) >= 11 is 3.28. The number of ether oxygens (including phenoxy) is 1. The number of anilines is 1. The van der Waals surface area contributed by atoms with Crippen LogP contribution in [-0.2, 0) is 10.2 Å². The van der Waals surface area contributed by atoms with Crippen LogP contribution >= 0.6 is 15.9 Å². The fourth-order valence-electron chi connectivity index (χ4n) is 2.25. The zero-order chi connectivity index (χ0) is 18.6. The molecule has 0 aliphatic carbocycles. The number of carbonyl (C=O) groups excluding carboxylic acids is 1. The number of rotatable bonds is 4. The van der Waals surface area contributed by atoms with Crippen LogP contribution in [0, 0.1) is 5.82 Å². The second kappa shape index (κ2) is 7.83. The highest BCUT2D eigenvalue weighted by Gasteiger charge is 2.16. The zero-order valence-electron chi connectivity index (χ0n) is 14.7. The molecule has 2 aromatic carbocycles. The second-order valence-corrected chi connectivity index (χ2v) is 7.57. The third kappa shape index (κ3) is 5.16. The van der Waals surface area contributed by atoms with E-state index in [4.69, 9.17) is 4.74 Å². The van der Waals surface area contributed by atoms with E-state index >= 15 is 0 Å². The van der Waals surface area contributed by atoms with Gasteiger partial charge in [-0.15, -0.1) is 0 Å². The molecule has 0 saturated carbocycles. The number of benzene rings is 2. The van der Waals surface area contributed by atoms with Gasteiger partial charge in [0.15, 0.2) is 0 Å². The molecule has 5 heteroatoms. The first-order valence-corrected chi connectivity index (χ1v) is 8.62. The molecule has 0 bridgehead atoms. The van der Waals surface area contributed by atoms with Crippen LogP contribution in [0.15, 0.2) is 46.9 Å². The molecule has 0 unspecified atom stereocenters. The lowest BCUT2D eigenvalue weighted by Gasteiger charge is -2.21. The van der Waals surface area contributed by atoms with E-state index in [1.54, 1.807) is 19.2 Å². The number of halogens is 2. The van der Waals surface area contributed by atoms with Crippen molar-refractivity contribution in [1.29, 1.82) is 0 Å². The fourth-order valence-corrected chi connectivity index (χ4v) is 2.63. The Bertz CT molecular complexity index is 810. The Morgan fingerprint density at radius 3 is 2.56 bits per heavy atom. The number of carbonyl (C=O) groups is 1. The van der Waals surface area contributed by atoms with Gasteiger partial charge in [0.05, 0.1) is 12.8 Å². The molecule has 2 rings (SSSR count). The molecule has 0 saturated heterocycles. The maximum atomic E-state index is 13.7. The maximum absolute atomic E-state index is 13.7. The van der Waals surface area contributed by atoms with E-state index in [9.17, 15) is 9.18 Å². The van der Waals surface area contributed by atoms with E-state index < -0.39 is 0 Å². The predicted octanol–water partition coefficient (Wildman–Crippen LogP) is 5.55. The molecule has 0 spiro atoms. The Balaban J connectivity index is 2.22. The summed E-state index contributed by atoms with van der Waals surface area (Å²) in [4.78, 5) is 12.2. The van der Waals surface area contributed by atoms with Gasteiger partial charge in [0.25, 0.3) is 0 Å². The van der Waals surface area contributed by atoms with Crippen LogP contribution < -0.4 is 10.1 Å². The fraction of sp³-hybridized carbons (Fsp3) is 0.250. The van der Waals surface area contributed by atoms with Crippen molar-refractivity contribution in [3.8, 4) is 5.75 Å². The molecule has 1 amide bonds. The van der Waals surface area contributed by atoms with Crippen molar-refractivity contribution < 1.29 is 13.9 Å². The zero-order valence-corrected chi connectivity index (χ0v) is 16.3. The average molecular weight is 406 g/mol. The van der Waals surface area contributed by atoms with Crippen LogP contribution in [0.1, 0.15) is 31.9 Å². The first-order valence-electron chi connectivity index (χ1n) is 7.83. The monoisotopic (exact) mass is 405 g/mol. The Morgan fingerprint density at radius 2 is 1.92 bits per heavy atom. The van der Waals surface area contributed by atoms with Crippen molar-refractivity contribution >= 4 is 33.6 Å². The topological polar surface area (TPSA) is 38.3 Å². The summed E-state index contributed by atoms with van der Waals surface area (Å²) in [6, 6.07) is 10.3. The van der Waals surface area contributed by atoms with E-state index in [0.29, 0.717) is 17.0 Å². The van der Waals surface area contributed by atoms with Crippen molar-refractivity contribution in [2.24, 2.45) is 0 Å². The molecule has 1 N–H and O–H groups in total. The lowest BCUT2D eigenvalue weighted by atomic mass is 9.87. The number of methoxy groups -OCH3 is 1. The van der Waals surface area contributed by atoms with Gasteiger partial charge in [-0.05, 0) is 47.4 Å². The van der Waals surface area contributed by atoms with Crippen molar-refractivity contribution in [2.75, 3.05) is 12.4 Å². The summed E-state index contributed by atoms with van der Waals surface area (Å²) in [5, 5.41) is 2.79. The Hall–Kier alpha value is -2.14. The molecule has 0 heterocycles. The molecule has 25 heavy (non-hydrogen) atoms. The number of hydrogen-bond acceptors (Lipinski definition) is 2. The lowest BCUT2D eigenvalue weighted by Crippen LogP contribution is -2.14. The smallest absolute Gasteiger partial charge is 0.248 e. The minimum Gasteiger partial charge on any atom is -0.495 e. The third-order valence-corrected chi connectivity index (χ3v) is 4.19. The molecule has 3 nitrogen and oxygen atoms in total. The maximum Gasteiger partial charge on any atom is 0.248 e. The Kier molecular flexibility index (Phi) is 6.01. The minimum atomic E-state index is -0.389. The quantitative estimate of drug-likeness (QED) is 0.677.